The molecule has 1 saturated heterocycles. The van der Waals surface area contributed by atoms with Crippen molar-refractivity contribution in [2.45, 2.75) is 6.92 Å². The van der Waals surface area contributed by atoms with E-state index in [1.807, 2.05) is 24.0 Å². The number of hydrogen-bond donors (Lipinski definition) is 1. The van der Waals surface area contributed by atoms with Crippen molar-refractivity contribution >= 4 is 5.91 Å². The molecule has 0 aliphatic carbocycles. The van der Waals surface area contributed by atoms with E-state index >= 15 is 0 Å². The summed E-state index contributed by atoms with van der Waals surface area (Å²) in [6, 6.07) is 3.80. The van der Waals surface area contributed by atoms with E-state index in [1.54, 1.807) is 6.20 Å². The summed E-state index contributed by atoms with van der Waals surface area (Å²) >= 11 is 0. The first-order valence-corrected chi connectivity index (χ1v) is 5.79. The third-order valence-electron chi connectivity index (χ3n) is 2.70. The number of rotatable bonds is 4. The maximum Gasteiger partial charge on any atom is 0.236 e. The smallest absolute Gasteiger partial charge is 0.236 e. The molecule has 1 N–H and O–H groups in total. The van der Waals surface area contributed by atoms with Gasteiger partial charge >= 0.3 is 0 Å². The predicted molar refractivity (Wildman–Crippen MR) is 63.9 cm³/mol. The van der Waals surface area contributed by atoms with Gasteiger partial charge in [-0.3, -0.25) is 9.78 Å². The molecule has 0 saturated carbocycles. The van der Waals surface area contributed by atoms with Crippen LogP contribution in [0.1, 0.15) is 5.69 Å². The van der Waals surface area contributed by atoms with E-state index in [0.29, 0.717) is 19.7 Å². The van der Waals surface area contributed by atoms with E-state index < -0.39 is 0 Å². The zero-order valence-electron chi connectivity index (χ0n) is 9.98. The van der Waals surface area contributed by atoms with E-state index in [2.05, 4.69) is 10.3 Å². The number of pyridine rings is 1. The molecule has 17 heavy (non-hydrogen) atoms. The first-order valence-electron chi connectivity index (χ1n) is 5.79. The van der Waals surface area contributed by atoms with Crippen LogP contribution in [-0.4, -0.2) is 48.6 Å². The Hall–Kier alpha value is -1.62. The largest absolute Gasteiger partial charge is 0.490 e. The summed E-state index contributed by atoms with van der Waals surface area (Å²) in [5, 5.41) is 3.04. The summed E-state index contributed by atoms with van der Waals surface area (Å²) in [6.45, 7) is 5.13. The third kappa shape index (κ3) is 3.42. The quantitative estimate of drug-likeness (QED) is 0.810. The topological polar surface area (TPSA) is 54.5 Å². The third-order valence-corrected chi connectivity index (χ3v) is 2.70. The highest BCUT2D eigenvalue weighted by atomic mass is 16.5. The molecule has 5 nitrogen and oxygen atoms in total. The summed E-state index contributed by atoms with van der Waals surface area (Å²) in [5.74, 6) is 0.889. The van der Waals surface area contributed by atoms with Crippen molar-refractivity contribution in [2.75, 3.05) is 32.8 Å². The van der Waals surface area contributed by atoms with E-state index in [-0.39, 0.29) is 5.91 Å². The van der Waals surface area contributed by atoms with Crippen molar-refractivity contribution in [3.8, 4) is 5.75 Å². The summed E-state index contributed by atoms with van der Waals surface area (Å²) in [7, 11) is 0. The van der Waals surface area contributed by atoms with Gasteiger partial charge in [0.2, 0.25) is 5.91 Å². The number of nitrogens with zero attached hydrogens (tertiary/aromatic N) is 2. The number of hydrogen-bond acceptors (Lipinski definition) is 4. The minimum Gasteiger partial charge on any atom is -0.490 e. The van der Waals surface area contributed by atoms with Crippen LogP contribution in [0.25, 0.3) is 0 Å². The van der Waals surface area contributed by atoms with Gasteiger partial charge in [0, 0.05) is 18.8 Å². The lowest BCUT2D eigenvalue weighted by Gasteiger charge is -2.27. The number of carbonyl (C=O) groups is 1. The molecule has 1 amide bonds. The van der Waals surface area contributed by atoms with Gasteiger partial charge in [0.15, 0.2) is 0 Å². The molecule has 5 heteroatoms. The van der Waals surface area contributed by atoms with Gasteiger partial charge in [-0.2, -0.15) is 0 Å². The van der Waals surface area contributed by atoms with Crippen LogP contribution in [0.3, 0.4) is 0 Å². The molecule has 0 spiro atoms. The van der Waals surface area contributed by atoms with Gasteiger partial charge in [-0.1, -0.05) is 0 Å². The molecule has 0 atom stereocenters. The zero-order chi connectivity index (χ0) is 12.1. The predicted octanol–water partition coefficient (Wildman–Crippen LogP) is 0.201. The maximum absolute atomic E-state index is 11.5. The van der Waals surface area contributed by atoms with Gasteiger partial charge in [0.05, 0.1) is 19.3 Å². The van der Waals surface area contributed by atoms with Crippen LogP contribution < -0.4 is 10.1 Å². The Labute approximate surface area is 101 Å². The number of carbonyl (C=O) groups excluding carboxylic acids is 1. The molecule has 2 rings (SSSR count). The molecule has 0 bridgehead atoms. The van der Waals surface area contributed by atoms with Crippen molar-refractivity contribution in [1.29, 1.82) is 0 Å². The van der Waals surface area contributed by atoms with Crippen LogP contribution in [0.5, 0.6) is 5.75 Å². The van der Waals surface area contributed by atoms with E-state index in [9.17, 15) is 4.79 Å². The van der Waals surface area contributed by atoms with Gasteiger partial charge in [-0.05, 0) is 19.1 Å². The van der Waals surface area contributed by atoms with Gasteiger partial charge in [-0.25, -0.2) is 0 Å². The highest BCUT2D eigenvalue weighted by Crippen LogP contribution is 2.08. The van der Waals surface area contributed by atoms with E-state index in [1.165, 1.54) is 0 Å². The summed E-state index contributed by atoms with van der Waals surface area (Å²) in [5.41, 5.74) is 0.967. The number of nitrogens with one attached hydrogen (secondary N) is 1. The minimum atomic E-state index is 0.141. The molecule has 92 valence electrons. The average Bonchev–Trinajstić information content (AvgIpc) is 2.34. The molecule has 0 radical (unpaired) electrons. The number of amides is 1. The lowest BCUT2D eigenvalue weighted by molar-refractivity contribution is -0.132. The van der Waals surface area contributed by atoms with Gasteiger partial charge in [-0.15, -0.1) is 0 Å². The first-order chi connectivity index (χ1) is 8.25. The molecule has 1 fully saturated rings. The highest BCUT2D eigenvalue weighted by molar-refractivity contribution is 5.78. The Morgan fingerprint density at radius 3 is 3.12 bits per heavy atom. The van der Waals surface area contributed by atoms with Crippen molar-refractivity contribution in [1.82, 2.24) is 15.2 Å². The van der Waals surface area contributed by atoms with Crippen LogP contribution in [-0.2, 0) is 4.79 Å². The molecular weight excluding hydrogens is 218 g/mol. The molecular formula is C12H17N3O2. The second-order valence-electron chi connectivity index (χ2n) is 4.04. The maximum atomic E-state index is 11.5. The highest BCUT2D eigenvalue weighted by Gasteiger charge is 2.16. The number of ether oxygens (including phenoxy) is 1. The number of piperazine rings is 1. The van der Waals surface area contributed by atoms with Crippen LogP contribution in [0.15, 0.2) is 18.3 Å². The van der Waals surface area contributed by atoms with Crippen molar-refractivity contribution in [2.24, 2.45) is 0 Å². The van der Waals surface area contributed by atoms with Crippen molar-refractivity contribution < 1.29 is 9.53 Å². The fourth-order valence-electron chi connectivity index (χ4n) is 1.70. The summed E-state index contributed by atoms with van der Waals surface area (Å²) < 4.78 is 5.54. The molecule has 2 heterocycles. The normalized spacial score (nSPS) is 16.1. The van der Waals surface area contributed by atoms with Crippen LogP contribution in [0.4, 0.5) is 0 Å². The van der Waals surface area contributed by atoms with Crippen LogP contribution >= 0.6 is 0 Å². The average molecular weight is 235 g/mol. The zero-order valence-corrected chi connectivity index (χ0v) is 9.98. The fourth-order valence-corrected chi connectivity index (χ4v) is 1.70. The monoisotopic (exact) mass is 235 g/mol. The molecule has 1 aromatic heterocycles. The van der Waals surface area contributed by atoms with Crippen LogP contribution in [0.2, 0.25) is 0 Å². The SMILES string of the molecule is Cc1ccc(OCCN2CCNCC2=O)cn1. The lowest BCUT2D eigenvalue weighted by Crippen LogP contribution is -2.49. The number of aryl methyl sites for hydroxylation is 1. The minimum absolute atomic E-state index is 0.141. The lowest BCUT2D eigenvalue weighted by atomic mass is 10.3. The molecule has 1 aliphatic rings. The van der Waals surface area contributed by atoms with Gasteiger partial charge in [0.25, 0.3) is 0 Å². The molecule has 1 aliphatic heterocycles. The Balaban J connectivity index is 1.75. The molecule has 1 aromatic rings. The summed E-state index contributed by atoms with van der Waals surface area (Å²) in [4.78, 5) is 17.4. The van der Waals surface area contributed by atoms with E-state index in [4.69, 9.17) is 4.74 Å². The summed E-state index contributed by atoms with van der Waals surface area (Å²) in [6.07, 6.45) is 1.70. The number of aromatic nitrogens is 1. The second kappa shape index (κ2) is 5.63. The van der Waals surface area contributed by atoms with Crippen molar-refractivity contribution in [3.63, 3.8) is 0 Å². The molecule has 0 unspecified atom stereocenters. The Bertz CT molecular complexity index is 378. The standard InChI is InChI=1S/C12H17N3O2/c1-10-2-3-11(8-14-10)17-7-6-15-5-4-13-9-12(15)16/h2-3,8,13H,4-7,9H2,1H3. The van der Waals surface area contributed by atoms with Crippen molar-refractivity contribution in [3.05, 3.63) is 24.0 Å². The van der Waals surface area contributed by atoms with Gasteiger partial charge < -0.3 is 15.0 Å². The Morgan fingerprint density at radius 2 is 2.41 bits per heavy atom. The van der Waals surface area contributed by atoms with Gasteiger partial charge in [0.1, 0.15) is 12.4 Å². The Kier molecular flexibility index (Phi) is 3.93. The Morgan fingerprint density at radius 1 is 1.53 bits per heavy atom. The van der Waals surface area contributed by atoms with E-state index in [0.717, 1.165) is 24.5 Å². The van der Waals surface area contributed by atoms with Crippen LogP contribution in [0, 0.1) is 6.92 Å². The molecule has 0 aromatic carbocycles. The fraction of sp³-hybridized carbons (Fsp3) is 0.500. The first kappa shape index (κ1) is 11.9. The second-order valence-corrected chi connectivity index (χ2v) is 4.04.